The first-order valence-electron chi connectivity index (χ1n) is 6.32. The van der Waals surface area contributed by atoms with Crippen molar-refractivity contribution >= 4 is 0 Å². The average Bonchev–Trinajstić information content (AvgIpc) is 2.72. The van der Waals surface area contributed by atoms with Crippen molar-refractivity contribution in [1.82, 2.24) is 0 Å². The van der Waals surface area contributed by atoms with E-state index in [1.807, 2.05) is 0 Å². The van der Waals surface area contributed by atoms with Crippen LogP contribution in [0.2, 0.25) is 0 Å². The first-order valence-corrected chi connectivity index (χ1v) is 6.32. The van der Waals surface area contributed by atoms with Crippen LogP contribution in [-0.4, -0.2) is 6.04 Å². The molecule has 78 valence electrons. The van der Waals surface area contributed by atoms with Crippen LogP contribution in [0, 0.1) is 17.8 Å². The van der Waals surface area contributed by atoms with Crippen LogP contribution < -0.4 is 5.73 Å². The number of nitrogens with two attached hydrogens (primary N) is 1. The van der Waals surface area contributed by atoms with Crippen LogP contribution in [0.25, 0.3) is 0 Å². The van der Waals surface area contributed by atoms with Crippen molar-refractivity contribution in [3.05, 3.63) is 11.6 Å². The van der Waals surface area contributed by atoms with Gasteiger partial charge in [0.15, 0.2) is 0 Å². The van der Waals surface area contributed by atoms with E-state index in [9.17, 15) is 0 Å². The minimum absolute atomic E-state index is 0.436. The van der Waals surface area contributed by atoms with Crippen LogP contribution >= 0.6 is 0 Å². The molecule has 0 radical (unpaired) electrons. The van der Waals surface area contributed by atoms with E-state index in [1.165, 1.54) is 44.9 Å². The molecule has 1 nitrogen and oxygen atoms in total. The molecule has 3 unspecified atom stereocenters. The highest BCUT2D eigenvalue weighted by Crippen LogP contribution is 2.59. The standard InChI is InChI=1S/C13H21N/c14-13(9-5-2-1-3-6-9)12-10-7-4-8-11(10)12/h5,10-13H,1-4,6-8,14H2. The van der Waals surface area contributed by atoms with Gasteiger partial charge in [-0.25, -0.2) is 0 Å². The molecule has 0 amide bonds. The second kappa shape index (κ2) is 3.37. The molecule has 1 heteroatoms. The molecule has 3 aliphatic carbocycles. The quantitative estimate of drug-likeness (QED) is 0.667. The molecule has 0 aliphatic heterocycles. The molecular weight excluding hydrogens is 170 g/mol. The fraction of sp³-hybridized carbons (Fsp3) is 0.846. The second-order valence-corrected chi connectivity index (χ2v) is 5.39. The van der Waals surface area contributed by atoms with E-state index in [0.717, 1.165) is 17.8 Å². The predicted octanol–water partition coefficient (Wildman–Crippen LogP) is 2.86. The van der Waals surface area contributed by atoms with Crippen LogP contribution in [0.3, 0.4) is 0 Å². The summed E-state index contributed by atoms with van der Waals surface area (Å²) in [6, 6.07) is 0.436. The van der Waals surface area contributed by atoms with Gasteiger partial charge in [0.25, 0.3) is 0 Å². The lowest BCUT2D eigenvalue weighted by Crippen LogP contribution is -2.28. The smallest absolute Gasteiger partial charge is 0.0287 e. The van der Waals surface area contributed by atoms with Gasteiger partial charge in [0.2, 0.25) is 0 Å². The minimum Gasteiger partial charge on any atom is -0.324 e. The minimum atomic E-state index is 0.436. The summed E-state index contributed by atoms with van der Waals surface area (Å²) in [7, 11) is 0. The van der Waals surface area contributed by atoms with Gasteiger partial charge in [0.05, 0.1) is 0 Å². The highest BCUT2D eigenvalue weighted by Gasteiger charge is 2.55. The maximum absolute atomic E-state index is 6.38. The Kier molecular flexibility index (Phi) is 2.16. The van der Waals surface area contributed by atoms with Crippen LogP contribution in [0.1, 0.15) is 44.9 Å². The van der Waals surface area contributed by atoms with Crippen molar-refractivity contribution in [3.8, 4) is 0 Å². The normalized spacial score (nSPS) is 42.9. The molecule has 3 aliphatic rings. The fourth-order valence-electron chi connectivity index (χ4n) is 3.82. The van der Waals surface area contributed by atoms with Gasteiger partial charge >= 0.3 is 0 Å². The van der Waals surface area contributed by atoms with Gasteiger partial charge in [0, 0.05) is 6.04 Å². The molecular formula is C13H21N. The molecule has 2 fully saturated rings. The molecule has 3 atom stereocenters. The number of hydrogen-bond acceptors (Lipinski definition) is 1. The number of hydrogen-bond donors (Lipinski definition) is 1. The van der Waals surface area contributed by atoms with Crippen molar-refractivity contribution in [1.29, 1.82) is 0 Å². The summed E-state index contributed by atoms with van der Waals surface area (Å²) >= 11 is 0. The van der Waals surface area contributed by atoms with Gasteiger partial charge in [-0.1, -0.05) is 18.1 Å². The molecule has 14 heavy (non-hydrogen) atoms. The molecule has 0 saturated heterocycles. The average molecular weight is 191 g/mol. The summed E-state index contributed by atoms with van der Waals surface area (Å²) in [5, 5.41) is 0. The highest BCUT2D eigenvalue weighted by molar-refractivity contribution is 5.20. The Bertz CT molecular complexity index is 246. The fourth-order valence-corrected chi connectivity index (χ4v) is 3.82. The topological polar surface area (TPSA) is 26.0 Å². The molecule has 0 aromatic rings. The van der Waals surface area contributed by atoms with Crippen molar-refractivity contribution < 1.29 is 0 Å². The zero-order chi connectivity index (χ0) is 9.54. The first kappa shape index (κ1) is 8.96. The predicted molar refractivity (Wildman–Crippen MR) is 58.8 cm³/mol. The lowest BCUT2D eigenvalue weighted by Gasteiger charge is -2.21. The Hall–Kier alpha value is -0.300. The third kappa shape index (κ3) is 1.33. The number of rotatable bonds is 2. The molecule has 0 bridgehead atoms. The van der Waals surface area contributed by atoms with E-state index in [0.29, 0.717) is 6.04 Å². The number of allylic oxidation sites excluding steroid dienone is 1. The Morgan fingerprint density at radius 1 is 1.14 bits per heavy atom. The SMILES string of the molecule is NC(C1=CCCCC1)C1C2CCCC21. The van der Waals surface area contributed by atoms with E-state index in [2.05, 4.69) is 6.08 Å². The highest BCUT2D eigenvalue weighted by atomic mass is 14.8. The van der Waals surface area contributed by atoms with Crippen LogP contribution in [0.5, 0.6) is 0 Å². The zero-order valence-electron chi connectivity index (χ0n) is 8.91. The molecule has 0 aromatic heterocycles. The summed E-state index contributed by atoms with van der Waals surface area (Å²) in [5.74, 6) is 2.92. The van der Waals surface area contributed by atoms with Crippen molar-refractivity contribution in [2.45, 2.75) is 51.0 Å². The Labute approximate surface area is 86.8 Å². The van der Waals surface area contributed by atoms with Crippen LogP contribution in [-0.2, 0) is 0 Å². The summed E-state index contributed by atoms with van der Waals surface area (Å²) in [5.41, 5.74) is 7.97. The molecule has 2 N–H and O–H groups in total. The van der Waals surface area contributed by atoms with E-state index in [-0.39, 0.29) is 0 Å². The van der Waals surface area contributed by atoms with Crippen molar-refractivity contribution in [3.63, 3.8) is 0 Å². The van der Waals surface area contributed by atoms with E-state index in [4.69, 9.17) is 5.73 Å². The van der Waals surface area contributed by atoms with Gasteiger partial charge in [-0.15, -0.1) is 0 Å². The van der Waals surface area contributed by atoms with Crippen molar-refractivity contribution in [2.24, 2.45) is 23.5 Å². The van der Waals surface area contributed by atoms with Gasteiger partial charge in [-0.3, -0.25) is 0 Å². The second-order valence-electron chi connectivity index (χ2n) is 5.39. The Balaban J connectivity index is 1.65. The molecule has 0 heterocycles. The third-order valence-corrected chi connectivity index (χ3v) is 4.64. The zero-order valence-corrected chi connectivity index (χ0v) is 8.91. The molecule has 3 rings (SSSR count). The first-order chi connectivity index (χ1) is 6.88. The van der Waals surface area contributed by atoms with E-state index < -0.39 is 0 Å². The van der Waals surface area contributed by atoms with Gasteiger partial charge in [-0.05, 0) is 56.3 Å². The summed E-state index contributed by atoms with van der Waals surface area (Å²) in [6.45, 7) is 0. The molecule has 0 aromatic carbocycles. The third-order valence-electron chi connectivity index (χ3n) is 4.64. The maximum Gasteiger partial charge on any atom is 0.0287 e. The summed E-state index contributed by atoms with van der Waals surface area (Å²) in [6.07, 6.45) is 12.2. The van der Waals surface area contributed by atoms with Crippen LogP contribution in [0.4, 0.5) is 0 Å². The van der Waals surface area contributed by atoms with Crippen molar-refractivity contribution in [2.75, 3.05) is 0 Å². The van der Waals surface area contributed by atoms with Gasteiger partial charge in [-0.2, -0.15) is 0 Å². The lowest BCUT2D eigenvalue weighted by atomic mass is 9.89. The monoisotopic (exact) mass is 191 g/mol. The molecule has 2 saturated carbocycles. The Morgan fingerprint density at radius 2 is 1.93 bits per heavy atom. The van der Waals surface area contributed by atoms with E-state index in [1.54, 1.807) is 5.57 Å². The maximum atomic E-state index is 6.38. The Morgan fingerprint density at radius 3 is 2.57 bits per heavy atom. The lowest BCUT2D eigenvalue weighted by molar-refractivity contribution is 0.503. The van der Waals surface area contributed by atoms with Gasteiger partial charge in [0.1, 0.15) is 0 Å². The van der Waals surface area contributed by atoms with Crippen LogP contribution in [0.15, 0.2) is 11.6 Å². The summed E-state index contributed by atoms with van der Waals surface area (Å²) in [4.78, 5) is 0. The van der Waals surface area contributed by atoms with Gasteiger partial charge < -0.3 is 5.73 Å². The summed E-state index contributed by atoms with van der Waals surface area (Å²) < 4.78 is 0. The number of fused-ring (bicyclic) bond motifs is 1. The van der Waals surface area contributed by atoms with E-state index >= 15 is 0 Å². The molecule has 0 spiro atoms. The largest absolute Gasteiger partial charge is 0.324 e.